The Bertz CT molecular complexity index is 1310. The van der Waals surface area contributed by atoms with Crippen LogP contribution in [0.4, 0.5) is 22.0 Å². The van der Waals surface area contributed by atoms with Crippen LogP contribution in [0.1, 0.15) is 35.6 Å². The number of aliphatic hydroxyl groups excluding tert-OH is 1. The van der Waals surface area contributed by atoms with Gasteiger partial charge in [-0.15, -0.1) is 0 Å². The maximum absolute atomic E-state index is 13.7. The van der Waals surface area contributed by atoms with E-state index in [1.54, 1.807) is 0 Å². The van der Waals surface area contributed by atoms with E-state index in [-0.39, 0.29) is 31.5 Å². The predicted molar refractivity (Wildman–Crippen MR) is 136 cm³/mol. The summed E-state index contributed by atoms with van der Waals surface area (Å²) in [5.41, 5.74) is 0.592. The number of carbonyl (C=O) groups excluding carboxylic acids is 1. The Morgan fingerprint density at radius 1 is 1.00 bits per heavy atom. The summed E-state index contributed by atoms with van der Waals surface area (Å²) in [5.74, 6) is -2.29. The molecule has 0 spiro atoms. The summed E-state index contributed by atoms with van der Waals surface area (Å²) in [6, 6.07) is 11.2. The summed E-state index contributed by atoms with van der Waals surface area (Å²) < 4.78 is 67.2. The normalized spacial score (nSPS) is 13.2. The van der Waals surface area contributed by atoms with Gasteiger partial charge < -0.3 is 20.3 Å². The Morgan fingerprint density at radius 2 is 1.69 bits per heavy atom. The highest BCUT2D eigenvalue weighted by Gasteiger charge is 2.31. The zero-order chi connectivity index (χ0) is 28.6. The van der Waals surface area contributed by atoms with Gasteiger partial charge in [0, 0.05) is 44.4 Å². The van der Waals surface area contributed by atoms with Crippen LogP contribution in [0.2, 0.25) is 0 Å². The van der Waals surface area contributed by atoms with Crippen molar-refractivity contribution < 1.29 is 31.9 Å². The first-order chi connectivity index (χ1) is 18.4. The lowest BCUT2D eigenvalue weighted by Crippen LogP contribution is -2.49. The number of aryl methyl sites for hydroxylation is 2. The molecule has 3 rings (SSSR count). The van der Waals surface area contributed by atoms with Gasteiger partial charge in [-0.25, -0.2) is 8.78 Å². The molecule has 3 N–H and O–H groups in total. The van der Waals surface area contributed by atoms with Crippen LogP contribution < -0.4 is 16.2 Å². The van der Waals surface area contributed by atoms with E-state index in [4.69, 9.17) is 0 Å². The minimum atomic E-state index is -4.65. The van der Waals surface area contributed by atoms with Gasteiger partial charge in [0.1, 0.15) is 11.6 Å². The van der Waals surface area contributed by atoms with E-state index < -0.39 is 47.0 Å². The molecule has 1 heterocycles. The fraction of sp³-hybridized carbons (Fsp3) is 0.357. The summed E-state index contributed by atoms with van der Waals surface area (Å²) in [6.45, 7) is 2.16. The Morgan fingerprint density at radius 3 is 2.36 bits per heavy atom. The minimum Gasteiger partial charge on any atom is -0.390 e. The third-order valence-electron chi connectivity index (χ3n) is 6.16. The number of aliphatic hydroxyl groups is 1. The highest BCUT2D eigenvalue weighted by Crippen LogP contribution is 2.28. The lowest BCUT2D eigenvalue weighted by molar-refractivity contribution is -0.138. The number of benzene rings is 2. The molecule has 39 heavy (non-hydrogen) atoms. The van der Waals surface area contributed by atoms with Gasteiger partial charge >= 0.3 is 6.18 Å². The summed E-state index contributed by atoms with van der Waals surface area (Å²) in [7, 11) is 0. The monoisotopic (exact) mass is 551 g/mol. The van der Waals surface area contributed by atoms with E-state index in [0.717, 1.165) is 40.3 Å². The number of hydrogen-bond acceptors (Lipinski definition) is 4. The summed E-state index contributed by atoms with van der Waals surface area (Å²) in [5, 5.41) is 16.5. The van der Waals surface area contributed by atoms with Crippen molar-refractivity contribution in [2.75, 3.05) is 6.54 Å². The number of carbonyl (C=O) groups is 1. The van der Waals surface area contributed by atoms with Crippen molar-refractivity contribution in [3.63, 3.8) is 0 Å². The quantitative estimate of drug-likeness (QED) is 0.298. The van der Waals surface area contributed by atoms with Crippen LogP contribution in [0.5, 0.6) is 0 Å². The lowest BCUT2D eigenvalue weighted by Gasteiger charge is -2.25. The molecule has 0 aliphatic rings. The molecule has 6 nitrogen and oxygen atoms in total. The average molecular weight is 552 g/mol. The second-order valence-corrected chi connectivity index (χ2v) is 9.22. The van der Waals surface area contributed by atoms with Crippen LogP contribution in [0.25, 0.3) is 0 Å². The van der Waals surface area contributed by atoms with Crippen molar-refractivity contribution >= 4 is 5.91 Å². The fourth-order valence-electron chi connectivity index (χ4n) is 4.11. The van der Waals surface area contributed by atoms with Gasteiger partial charge in [-0.1, -0.05) is 31.2 Å². The maximum Gasteiger partial charge on any atom is 0.417 e. The Kier molecular flexibility index (Phi) is 10.4. The number of rotatable bonds is 12. The molecule has 0 unspecified atom stereocenters. The van der Waals surface area contributed by atoms with E-state index in [9.17, 15) is 36.6 Å². The van der Waals surface area contributed by atoms with E-state index in [1.165, 1.54) is 0 Å². The van der Waals surface area contributed by atoms with Crippen LogP contribution in [-0.4, -0.2) is 34.3 Å². The SMILES string of the molecule is CCc1cccc(CNC[C@H](O)[C@H](Cc2cc(F)cc(F)c2)NC(=O)CCn2cc(C(F)(F)F)ccc2=O)c1. The Labute approximate surface area is 222 Å². The molecule has 0 aliphatic heterocycles. The number of nitrogens with zero attached hydrogens (tertiary/aromatic N) is 1. The molecule has 3 aromatic rings. The lowest BCUT2D eigenvalue weighted by atomic mass is 10.00. The molecule has 210 valence electrons. The van der Waals surface area contributed by atoms with Gasteiger partial charge in [0.05, 0.1) is 17.7 Å². The Hall–Kier alpha value is -3.57. The van der Waals surface area contributed by atoms with Crippen molar-refractivity contribution in [3.8, 4) is 0 Å². The van der Waals surface area contributed by atoms with Crippen molar-refractivity contribution in [1.82, 2.24) is 15.2 Å². The van der Waals surface area contributed by atoms with Crippen molar-refractivity contribution in [2.24, 2.45) is 0 Å². The zero-order valence-corrected chi connectivity index (χ0v) is 21.3. The third kappa shape index (κ3) is 9.29. The summed E-state index contributed by atoms with van der Waals surface area (Å²) in [4.78, 5) is 24.7. The van der Waals surface area contributed by atoms with E-state index >= 15 is 0 Å². The van der Waals surface area contributed by atoms with Gasteiger partial charge in [0.15, 0.2) is 0 Å². The van der Waals surface area contributed by atoms with Crippen LogP contribution in [0, 0.1) is 11.6 Å². The number of amides is 1. The smallest absolute Gasteiger partial charge is 0.390 e. The van der Waals surface area contributed by atoms with Crippen LogP contribution >= 0.6 is 0 Å². The number of nitrogens with one attached hydrogen (secondary N) is 2. The van der Waals surface area contributed by atoms with Crippen molar-refractivity contribution in [1.29, 1.82) is 0 Å². The maximum atomic E-state index is 13.7. The van der Waals surface area contributed by atoms with Gasteiger partial charge in [0.2, 0.25) is 5.91 Å². The van der Waals surface area contributed by atoms with Gasteiger partial charge in [-0.05, 0) is 47.7 Å². The second kappa shape index (κ2) is 13.5. The first kappa shape index (κ1) is 30.0. The second-order valence-electron chi connectivity index (χ2n) is 9.22. The number of halogens is 5. The molecule has 0 radical (unpaired) electrons. The molecule has 11 heteroatoms. The highest BCUT2D eigenvalue weighted by atomic mass is 19.4. The van der Waals surface area contributed by atoms with Crippen LogP contribution in [-0.2, 0) is 36.9 Å². The van der Waals surface area contributed by atoms with E-state index in [2.05, 4.69) is 10.6 Å². The molecule has 2 atom stereocenters. The van der Waals surface area contributed by atoms with Crippen LogP contribution in [0.15, 0.2) is 65.6 Å². The van der Waals surface area contributed by atoms with Crippen LogP contribution in [0.3, 0.4) is 0 Å². The molecule has 0 bridgehead atoms. The van der Waals surface area contributed by atoms with E-state index in [1.807, 2.05) is 31.2 Å². The minimum absolute atomic E-state index is 0.0339. The van der Waals surface area contributed by atoms with Gasteiger partial charge in [-0.2, -0.15) is 13.2 Å². The standard InChI is InChI=1S/C28H30F5N3O3/c1-2-18-4-3-5-19(10-18)15-34-16-25(37)24(13-20-11-22(29)14-23(30)12-20)35-26(38)8-9-36-17-21(28(31,32)33)6-7-27(36)39/h3-7,10-12,14,17,24-25,34,37H,2,8-9,13,15-16H2,1H3,(H,35,38)/t24-,25-/m0/s1. The van der Waals surface area contributed by atoms with Gasteiger partial charge in [-0.3, -0.25) is 9.59 Å². The molecule has 0 aliphatic carbocycles. The number of alkyl halides is 3. The third-order valence-corrected chi connectivity index (χ3v) is 6.16. The largest absolute Gasteiger partial charge is 0.417 e. The number of aromatic nitrogens is 1. The Balaban J connectivity index is 1.68. The van der Waals surface area contributed by atoms with E-state index in [0.29, 0.717) is 24.9 Å². The first-order valence-electron chi connectivity index (χ1n) is 12.4. The molecule has 1 amide bonds. The average Bonchev–Trinajstić information content (AvgIpc) is 2.86. The molecular formula is C28H30F5N3O3. The predicted octanol–water partition coefficient (Wildman–Crippen LogP) is 3.98. The number of pyridine rings is 1. The fourth-order valence-corrected chi connectivity index (χ4v) is 4.11. The first-order valence-corrected chi connectivity index (χ1v) is 12.4. The number of hydrogen-bond donors (Lipinski definition) is 3. The van der Waals surface area contributed by atoms with Gasteiger partial charge in [0.25, 0.3) is 5.56 Å². The van der Waals surface area contributed by atoms with Crippen molar-refractivity contribution in [3.05, 3.63) is 105 Å². The molecule has 2 aromatic carbocycles. The summed E-state index contributed by atoms with van der Waals surface area (Å²) in [6.07, 6.45) is -4.81. The highest BCUT2D eigenvalue weighted by molar-refractivity contribution is 5.76. The molecule has 0 saturated heterocycles. The molecule has 0 saturated carbocycles. The molecule has 1 aromatic heterocycles. The molecular weight excluding hydrogens is 521 g/mol. The van der Waals surface area contributed by atoms with Crippen molar-refractivity contribution in [2.45, 2.75) is 57.6 Å². The summed E-state index contributed by atoms with van der Waals surface area (Å²) >= 11 is 0. The topological polar surface area (TPSA) is 83.4 Å². The molecule has 0 fully saturated rings. The zero-order valence-electron chi connectivity index (χ0n) is 21.3.